The quantitative estimate of drug-likeness (QED) is 0.696. The third-order valence-electron chi connectivity index (χ3n) is 3.49. The van der Waals surface area contributed by atoms with E-state index in [1.807, 2.05) is 13.8 Å². The van der Waals surface area contributed by atoms with Gasteiger partial charge in [0.05, 0.1) is 17.4 Å². The topological polar surface area (TPSA) is 105 Å². The Morgan fingerprint density at radius 2 is 2.17 bits per heavy atom. The molecule has 1 heterocycles. The van der Waals surface area contributed by atoms with Crippen LogP contribution in [0.15, 0.2) is 23.1 Å². The summed E-state index contributed by atoms with van der Waals surface area (Å²) < 4.78 is 33.0. The second-order valence-electron chi connectivity index (χ2n) is 5.80. The predicted molar refractivity (Wildman–Crippen MR) is 86.3 cm³/mol. The third kappa shape index (κ3) is 4.66. The van der Waals surface area contributed by atoms with Crippen LogP contribution < -0.4 is 10.0 Å². The van der Waals surface area contributed by atoms with E-state index in [1.165, 1.54) is 18.2 Å². The molecule has 0 aromatic heterocycles. The summed E-state index contributed by atoms with van der Waals surface area (Å²) in [5, 5.41) is 12.1. The first kappa shape index (κ1) is 17.7. The fourth-order valence-corrected chi connectivity index (χ4v) is 3.65. The van der Waals surface area contributed by atoms with E-state index in [9.17, 15) is 13.2 Å². The Bertz CT molecular complexity index is 666. The van der Waals surface area contributed by atoms with Crippen LogP contribution in [0.25, 0.3) is 0 Å². The van der Waals surface area contributed by atoms with Crippen LogP contribution in [0.3, 0.4) is 0 Å². The number of nitrogens with one attached hydrogen (secondary N) is 2. The zero-order valence-corrected chi connectivity index (χ0v) is 14.0. The van der Waals surface area contributed by atoms with Crippen LogP contribution in [0.4, 0.5) is 5.69 Å². The van der Waals surface area contributed by atoms with Crippen molar-refractivity contribution in [1.29, 1.82) is 0 Å². The molecule has 2 rings (SSSR count). The summed E-state index contributed by atoms with van der Waals surface area (Å²) in [6.45, 7) is 4.57. The molecule has 1 aromatic carbocycles. The highest BCUT2D eigenvalue weighted by Gasteiger charge is 2.24. The molecule has 8 heteroatoms. The Morgan fingerprint density at radius 3 is 2.74 bits per heavy atom. The number of hydrogen-bond acceptors (Lipinski definition) is 5. The van der Waals surface area contributed by atoms with Gasteiger partial charge < -0.3 is 15.2 Å². The van der Waals surface area contributed by atoms with Crippen LogP contribution in [0.2, 0.25) is 0 Å². The Labute approximate surface area is 136 Å². The summed E-state index contributed by atoms with van der Waals surface area (Å²) >= 11 is 0. The van der Waals surface area contributed by atoms with Gasteiger partial charge in [-0.3, -0.25) is 0 Å². The molecular formula is C15H22N2O5S. The fraction of sp³-hybridized carbons (Fsp3) is 0.533. The van der Waals surface area contributed by atoms with Crippen LogP contribution >= 0.6 is 0 Å². The van der Waals surface area contributed by atoms with Gasteiger partial charge in [-0.05, 0) is 44.9 Å². The number of ether oxygens (including phenoxy) is 1. The van der Waals surface area contributed by atoms with Crippen molar-refractivity contribution in [3.05, 3.63) is 23.8 Å². The maximum atomic E-state index is 12.6. The van der Waals surface area contributed by atoms with Gasteiger partial charge in [-0.15, -0.1) is 0 Å². The zero-order valence-electron chi connectivity index (χ0n) is 13.2. The van der Waals surface area contributed by atoms with E-state index in [-0.39, 0.29) is 29.1 Å². The minimum absolute atomic E-state index is 0.0118. The maximum Gasteiger partial charge on any atom is 0.335 e. The molecule has 1 aliphatic heterocycles. The SMILES string of the molecule is CC(C)Nc1ccc(C(=O)O)cc1S(=O)(=O)NCC1CCCO1. The number of hydrogen-bond donors (Lipinski definition) is 3. The van der Waals surface area contributed by atoms with Crippen molar-refractivity contribution in [3.8, 4) is 0 Å². The van der Waals surface area contributed by atoms with Gasteiger partial charge in [0.15, 0.2) is 0 Å². The van der Waals surface area contributed by atoms with Crippen molar-refractivity contribution >= 4 is 21.7 Å². The molecule has 1 atom stereocenters. The first-order valence-electron chi connectivity index (χ1n) is 7.55. The van der Waals surface area contributed by atoms with Gasteiger partial charge in [0.1, 0.15) is 4.90 Å². The molecule has 23 heavy (non-hydrogen) atoms. The Balaban J connectivity index is 2.28. The van der Waals surface area contributed by atoms with Crippen LogP contribution in [0.5, 0.6) is 0 Å². The van der Waals surface area contributed by atoms with Crippen molar-refractivity contribution in [2.24, 2.45) is 0 Å². The minimum Gasteiger partial charge on any atom is -0.478 e. The van der Waals surface area contributed by atoms with Crippen molar-refractivity contribution in [1.82, 2.24) is 4.72 Å². The Morgan fingerprint density at radius 1 is 1.43 bits per heavy atom. The molecule has 0 aliphatic carbocycles. The number of anilines is 1. The van der Waals surface area contributed by atoms with Crippen molar-refractivity contribution in [2.75, 3.05) is 18.5 Å². The smallest absolute Gasteiger partial charge is 0.335 e. The molecule has 7 nitrogen and oxygen atoms in total. The van der Waals surface area contributed by atoms with Gasteiger partial charge in [0.2, 0.25) is 10.0 Å². The molecule has 1 unspecified atom stereocenters. The van der Waals surface area contributed by atoms with E-state index in [0.29, 0.717) is 12.3 Å². The molecule has 1 aliphatic rings. The van der Waals surface area contributed by atoms with Crippen LogP contribution in [0.1, 0.15) is 37.0 Å². The summed E-state index contributed by atoms with van der Waals surface area (Å²) in [4.78, 5) is 11.1. The maximum absolute atomic E-state index is 12.6. The van der Waals surface area contributed by atoms with Crippen LogP contribution in [-0.4, -0.2) is 44.8 Å². The van der Waals surface area contributed by atoms with Crippen LogP contribution in [-0.2, 0) is 14.8 Å². The lowest BCUT2D eigenvalue weighted by Crippen LogP contribution is -2.32. The monoisotopic (exact) mass is 342 g/mol. The molecule has 0 bridgehead atoms. The van der Waals surface area contributed by atoms with Crippen molar-refractivity contribution < 1.29 is 23.1 Å². The minimum atomic E-state index is -3.84. The van der Waals surface area contributed by atoms with E-state index in [4.69, 9.17) is 9.84 Å². The van der Waals surface area contributed by atoms with Gasteiger partial charge in [-0.1, -0.05) is 0 Å². The highest BCUT2D eigenvalue weighted by Crippen LogP contribution is 2.24. The molecule has 1 fully saturated rings. The highest BCUT2D eigenvalue weighted by atomic mass is 32.2. The largest absolute Gasteiger partial charge is 0.478 e. The van der Waals surface area contributed by atoms with E-state index < -0.39 is 16.0 Å². The van der Waals surface area contributed by atoms with Gasteiger partial charge >= 0.3 is 5.97 Å². The van der Waals surface area contributed by atoms with E-state index in [1.54, 1.807) is 0 Å². The van der Waals surface area contributed by atoms with Gasteiger partial charge in [-0.25, -0.2) is 17.9 Å². The Kier molecular flexibility index (Phi) is 5.61. The molecule has 1 saturated heterocycles. The fourth-order valence-electron chi connectivity index (χ4n) is 2.39. The number of aromatic carboxylic acids is 1. The number of benzene rings is 1. The normalized spacial score (nSPS) is 18.3. The average Bonchev–Trinajstić information content (AvgIpc) is 2.98. The summed E-state index contributed by atoms with van der Waals surface area (Å²) in [7, 11) is -3.84. The molecule has 0 saturated carbocycles. The molecule has 3 N–H and O–H groups in total. The average molecular weight is 342 g/mol. The van der Waals surface area contributed by atoms with Gasteiger partial charge in [0, 0.05) is 19.2 Å². The summed E-state index contributed by atoms with van der Waals surface area (Å²) in [6.07, 6.45) is 1.60. The molecule has 0 spiro atoms. The van der Waals surface area contributed by atoms with E-state index in [2.05, 4.69) is 10.0 Å². The number of sulfonamides is 1. The summed E-state index contributed by atoms with van der Waals surface area (Å²) in [6, 6.07) is 4.04. The standard InChI is InChI=1S/C15H22N2O5S/c1-10(2)17-13-6-5-11(15(18)19)8-14(13)23(20,21)16-9-12-4-3-7-22-12/h5-6,8,10,12,16-17H,3-4,7,9H2,1-2H3,(H,18,19). The van der Waals surface area contributed by atoms with Crippen molar-refractivity contribution in [3.63, 3.8) is 0 Å². The number of carboxylic acid groups (broad SMARTS) is 1. The van der Waals surface area contributed by atoms with Crippen molar-refractivity contribution in [2.45, 2.75) is 43.7 Å². The first-order chi connectivity index (χ1) is 10.8. The lowest BCUT2D eigenvalue weighted by Gasteiger charge is -2.17. The first-order valence-corrected chi connectivity index (χ1v) is 9.03. The Hall–Kier alpha value is -1.64. The molecule has 0 amide bonds. The number of rotatable bonds is 7. The molecule has 0 radical (unpaired) electrons. The molecule has 128 valence electrons. The second kappa shape index (κ2) is 7.29. The number of carboxylic acids is 1. The zero-order chi connectivity index (χ0) is 17.0. The van der Waals surface area contributed by atoms with E-state index in [0.717, 1.165) is 12.8 Å². The third-order valence-corrected chi connectivity index (χ3v) is 4.95. The lowest BCUT2D eigenvalue weighted by atomic mass is 10.2. The summed E-state index contributed by atoms with van der Waals surface area (Å²) in [5.74, 6) is -1.17. The molecular weight excluding hydrogens is 320 g/mol. The molecule has 1 aromatic rings. The van der Waals surface area contributed by atoms with E-state index >= 15 is 0 Å². The van der Waals surface area contributed by atoms with Crippen LogP contribution in [0, 0.1) is 0 Å². The highest BCUT2D eigenvalue weighted by molar-refractivity contribution is 7.89. The predicted octanol–water partition coefficient (Wildman–Crippen LogP) is 1.66. The second-order valence-corrected chi connectivity index (χ2v) is 7.54. The number of carbonyl (C=O) groups is 1. The summed E-state index contributed by atoms with van der Waals surface area (Å²) in [5.41, 5.74) is 0.307. The van der Waals surface area contributed by atoms with Gasteiger partial charge in [0.25, 0.3) is 0 Å². The van der Waals surface area contributed by atoms with Gasteiger partial charge in [-0.2, -0.15) is 0 Å². The lowest BCUT2D eigenvalue weighted by molar-refractivity contribution is 0.0696.